The second-order valence-electron chi connectivity index (χ2n) is 6.76. The van der Waals surface area contributed by atoms with E-state index in [-0.39, 0.29) is 17.2 Å². The van der Waals surface area contributed by atoms with Gasteiger partial charge in [-0.25, -0.2) is 0 Å². The van der Waals surface area contributed by atoms with Gasteiger partial charge in [-0.05, 0) is 35.4 Å². The molecule has 2 aromatic rings. The molecule has 0 unspecified atom stereocenters. The lowest BCUT2D eigenvalue weighted by molar-refractivity contribution is -0.117. The SMILES string of the molecule is C[C@H]1C[C@H]1C(=O)Nc1nc2cc(C(C)(C)C)ccc2o1. The normalized spacial score (nSPS) is 22.0. The van der Waals surface area contributed by atoms with Gasteiger partial charge in [-0.2, -0.15) is 4.98 Å². The van der Waals surface area contributed by atoms with Crippen LogP contribution in [0.5, 0.6) is 0 Å². The van der Waals surface area contributed by atoms with E-state index in [1.165, 1.54) is 5.56 Å². The fraction of sp³-hybridized carbons (Fsp3) is 0.500. The number of carbonyl (C=O) groups excluding carboxylic acids is 1. The molecule has 1 aromatic heterocycles. The molecule has 3 rings (SSSR count). The Morgan fingerprint density at radius 2 is 2.10 bits per heavy atom. The summed E-state index contributed by atoms with van der Waals surface area (Å²) in [5.41, 5.74) is 2.76. The van der Waals surface area contributed by atoms with Crippen LogP contribution in [0, 0.1) is 11.8 Å². The molecule has 0 saturated heterocycles. The van der Waals surface area contributed by atoms with Crippen molar-refractivity contribution in [1.82, 2.24) is 4.98 Å². The molecule has 2 atom stereocenters. The molecule has 1 saturated carbocycles. The average Bonchev–Trinajstić information content (AvgIpc) is 2.95. The van der Waals surface area contributed by atoms with Crippen LogP contribution in [0.25, 0.3) is 11.1 Å². The van der Waals surface area contributed by atoms with Crippen molar-refractivity contribution >= 4 is 23.0 Å². The van der Waals surface area contributed by atoms with Gasteiger partial charge in [0.05, 0.1) is 0 Å². The number of oxazole rings is 1. The lowest BCUT2D eigenvalue weighted by Gasteiger charge is -2.18. The molecular weight excluding hydrogens is 252 g/mol. The van der Waals surface area contributed by atoms with Gasteiger partial charge < -0.3 is 4.42 Å². The first kappa shape index (κ1) is 13.2. The summed E-state index contributed by atoms with van der Waals surface area (Å²) < 4.78 is 5.58. The molecular formula is C16H20N2O2. The lowest BCUT2D eigenvalue weighted by atomic mass is 9.87. The van der Waals surface area contributed by atoms with Crippen LogP contribution in [0.1, 0.15) is 39.7 Å². The zero-order chi connectivity index (χ0) is 14.5. The van der Waals surface area contributed by atoms with Gasteiger partial charge in [-0.1, -0.05) is 33.8 Å². The van der Waals surface area contributed by atoms with Crippen LogP contribution >= 0.6 is 0 Å². The van der Waals surface area contributed by atoms with E-state index >= 15 is 0 Å². The highest BCUT2D eigenvalue weighted by molar-refractivity contribution is 5.93. The predicted molar refractivity (Wildman–Crippen MR) is 78.6 cm³/mol. The topological polar surface area (TPSA) is 55.1 Å². The second kappa shape index (κ2) is 4.33. The molecule has 0 radical (unpaired) electrons. The van der Waals surface area contributed by atoms with E-state index in [1.54, 1.807) is 0 Å². The Morgan fingerprint density at radius 1 is 1.40 bits per heavy atom. The standard InChI is InChI=1S/C16H20N2O2/c1-9-7-11(9)14(19)18-15-17-12-8-10(16(2,3)4)5-6-13(12)20-15/h5-6,8-9,11H,7H2,1-4H3,(H,17,18,19)/t9-,11+/m0/s1. The summed E-state index contributed by atoms with van der Waals surface area (Å²) in [6.45, 7) is 8.55. The van der Waals surface area contributed by atoms with Crippen LogP contribution in [0.4, 0.5) is 6.01 Å². The van der Waals surface area contributed by atoms with E-state index in [1.807, 2.05) is 18.2 Å². The molecule has 106 valence electrons. The second-order valence-corrected chi connectivity index (χ2v) is 6.76. The molecule has 0 spiro atoms. The van der Waals surface area contributed by atoms with E-state index in [0.717, 1.165) is 11.9 Å². The van der Waals surface area contributed by atoms with Crippen molar-refractivity contribution in [2.24, 2.45) is 11.8 Å². The first-order valence-corrected chi connectivity index (χ1v) is 7.06. The number of nitrogens with one attached hydrogen (secondary N) is 1. The Labute approximate surface area is 118 Å². The summed E-state index contributed by atoms with van der Waals surface area (Å²) in [4.78, 5) is 16.2. The van der Waals surface area contributed by atoms with Gasteiger partial charge in [0.1, 0.15) is 5.52 Å². The van der Waals surface area contributed by atoms with Gasteiger partial charge in [0.15, 0.2) is 5.58 Å². The minimum Gasteiger partial charge on any atom is -0.423 e. The smallest absolute Gasteiger partial charge is 0.302 e. The Morgan fingerprint density at radius 3 is 2.70 bits per heavy atom. The van der Waals surface area contributed by atoms with E-state index in [4.69, 9.17) is 4.42 Å². The maximum atomic E-state index is 11.9. The summed E-state index contributed by atoms with van der Waals surface area (Å²) in [5, 5.41) is 2.77. The number of benzene rings is 1. The molecule has 20 heavy (non-hydrogen) atoms. The van der Waals surface area contributed by atoms with Gasteiger partial charge in [0, 0.05) is 5.92 Å². The van der Waals surface area contributed by atoms with Gasteiger partial charge in [0.2, 0.25) is 5.91 Å². The number of nitrogens with zero attached hydrogens (tertiary/aromatic N) is 1. The Hall–Kier alpha value is -1.84. The molecule has 1 aromatic carbocycles. The molecule has 0 aliphatic heterocycles. The summed E-state index contributed by atoms with van der Waals surface area (Å²) >= 11 is 0. The third-order valence-corrected chi connectivity index (χ3v) is 3.93. The summed E-state index contributed by atoms with van der Waals surface area (Å²) in [5.74, 6) is 0.613. The summed E-state index contributed by atoms with van der Waals surface area (Å²) in [6.07, 6.45) is 0.959. The van der Waals surface area contributed by atoms with Crippen LogP contribution in [-0.2, 0) is 10.2 Å². The van der Waals surface area contributed by atoms with Crippen LogP contribution in [-0.4, -0.2) is 10.9 Å². The largest absolute Gasteiger partial charge is 0.423 e. The molecule has 1 amide bonds. The molecule has 1 aliphatic carbocycles. The zero-order valence-electron chi connectivity index (χ0n) is 12.4. The molecule has 1 fully saturated rings. The predicted octanol–water partition coefficient (Wildman–Crippen LogP) is 3.72. The Bertz CT molecular complexity index is 667. The Balaban J connectivity index is 1.85. The molecule has 1 aliphatic rings. The number of hydrogen-bond donors (Lipinski definition) is 1. The van der Waals surface area contributed by atoms with Crippen molar-refractivity contribution in [2.45, 2.75) is 39.5 Å². The third-order valence-electron chi connectivity index (χ3n) is 3.93. The molecule has 1 N–H and O–H groups in total. The van der Waals surface area contributed by atoms with E-state index in [2.05, 4.69) is 38.0 Å². The number of hydrogen-bond acceptors (Lipinski definition) is 3. The maximum absolute atomic E-state index is 11.9. The van der Waals surface area contributed by atoms with Crippen molar-refractivity contribution < 1.29 is 9.21 Å². The van der Waals surface area contributed by atoms with E-state index in [9.17, 15) is 4.79 Å². The van der Waals surface area contributed by atoms with E-state index in [0.29, 0.717) is 17.5 Å². The molecule has 0 bridgehead atoms. The summed E-state index contributed by atoms with van der Waals surface area (Å²) in [6, 6.07) is 6.28. The monoisotopic (exact) mass is 272 g/mol. The number of anilines is 1. The number of rotatable bonds is 2. The van der Waals surface area contributed by atoms with Gasteiger partial charge >= 0.3 is 6.01 Å². The maximum Gasteiger partial charge on any atom is 0.302 e. The first-order chi connectivity index (χ1) is 9.34. The number of amides is 1. The highest BCUT2D eigenvalue weighted by Crippen LogP contribution is 2.38. The highest BCUT2D eigenvalue weighted by Gasteiger charge is 2.39. The van der Waals surface area contributed by atoms with Crippen molar-refractivity contribution in [1.29, 1.82) is 0 Å². The fourth-order valence-electron chi connectivity index (χ4n) is 2.33. The molecule has 4 nitrogen and oxygen atoms in total. The van der Waals surface area contributed by atoms with Crippen molar-refractivity contribution in [3.8, 4) is 0 Å². The van der Waals surface area contributed by atoms with Crippen molar-refractivity contribution in [3.63, 3.8) is 0 Å². The number of fused-ring (bicyclic) bond motifs is 1. The van der Waals surface area contributed by atoms with Crippen molar-refractivity contribution in [3.05, 3.63) is 23.8 Å². The quantitative estimate of drug-likeness (QED) is 0.906. The first-order valence-electron chi connectivity index (χ1n) is 7.06. The van der Waals surface area contributed by atoms with Gasteiger partial charge in [-0.15, -0.1) is 0 Å². The van der Waals surface area contributed by atoms with Crippen LogP contribution in [0.3, 0.4) is 0 Å². The molecule has 1 heterocycles. The van der Waals surface area contributed by atoms with Gasteiger partial charge in [-0.3, -0.25) is 10.1 Å². The zero-order valence-corrected chi connectivity index (χ0v) is 12.4. The highest BCUT2D eigenvalue weighted by atomic mass is 16.4. The third kappa shape index (κ3) is 2.42. The van der Waals surface area contributed by atoms with Crippen LogP contribution in [0.15, 0.2) is 22.6 Å². The van der Waals surface area contributed by atoms with E-state index < -0.39 is 0 Å². The fourth-order valence-corrected chi connectivity index (χ4v) is 2.33. The van der Waals surface area contributed by atoms with Crippen molar-refractivity contribution in [2.75, 3.05) is 5.32 Å². The van der Waals surface area contributed by atoms with Gasteiger partial charge in [0.25, 0.3) is 0 Å². The minimum atomic E-state index is 0.0140. The van der Waals surface area contributed by atoms with Crippen LogP contribution < -0.4 is 5.32 Å². The number of aromatic nitrogens is 1. The minimum absolute atomic E-state index is 0.0140. The van der Waals surface area contributed by atoms with Crippen LogP contribution in [0.2, 0.25) is 0 Å². The Kier molecular flexibility index (Phi) is 2.85. The summed E-state index contributed by atoms with van der Waals surface area (Å²) in [7, 11) is 0. The lowest BCUT2D eigenvalue weighted by Crippen LogP contribution is -2.14. The average molecular weight is 272 g/mol. The number of carbonyl (C=O) groups is 1. The molecule has 4 heteroatoms.